The van der Waals surface area contributed by atoms with Crippen LogP contribution in [0.15, 0.2) is 22.5 Å². The summed E-state index contributed by atoms with van der Waals surface area (Å²) < 4.78 is 0. The van der Waals surface area contributed by atoms with Crippen molar-refractivity contribution in [1.82, 2.24) is 10.2 Å². The molecule has 3 rings (SSSR count). The molecular formula is C18H31IN4S. The average Bonchev–Trinajstić information content (AvgIpc) is 3.08. The fourth-order valence-electron chi connectivity index (χ4n) is 4.08. The highest BCUT2D eigenvalue weighted by molar-refractivity contribution is 14.0. The highest BCUT2D eigenvalue weighted by Crippen LogP contribution is 2.37. The molecule has 1 aliphatic carbocycles. The van der Waals surface area contributed by atoms with E-state index in [2.05, 4.69) is 34.8 Å². The van der Waals surface area contributed by atoms with E-state index in [0.29, 0.717) is 24.0 Å². The van der Waals surface area contributed by atoms with E-state index in [1.165, 1.54) is 56.4 Å². The second kappa shape index (κ2) is 9.97. The number of aliphatic imine (C=N–C) groups is 1. The Morgan fingerprint density at radius 1 is 1.29 bits per heavy atom. The molecule has 2 heterocycles. The minimum Gasteiger partial charge on any atom is -0.370 e. The van der Waals surface area contributed by atoms with E-state index in [9.17, 15) is 0 Å². The van der Waals surface area contributed by atoms with Gasteiger partial charge >= 0.3 is 0 Å². The Morgan fingerprint density at radius 2 is 2.08 bits per heavy atom. The molecule has 1 aliphatic heterocycles. The molecule has 1 aromatic heterocycles. The van der Waals surface area contributed by atoms with Crippen LogP contribution in [0, 0.1) is 5.92 Å². The summed E-state index contributed by atoms with van der Waals surface area (Å²) in [6, 6.07) is 5.45. The number of guanidine groups is 1. The highest BCUT2D eigenvalue weighted by atomic mass is 127. The maximum absolute atomic E-state index is 6.15. The molecule has 0 bridgehead atoms. The molecule has 1 saturated carbocycles. The van der Waals surface area contributed by atoms with E-state index in [4.69, 9.17) is 10.7 Å². The lowest BCUT2D eigenvalue weighted by atomic mass is 9.88. The number of hydrogen-bond acceptors (Lipinski definition) is 3. The van der Waals surface area contributed by atoms with E-state index in [1.54, 1.807) is 0 Å². The van der Waals surface area contributed by atoms with Gasteiger partial charge in [0.05, 0.1) is 0 Å². The molecule has 0 spiro atoms. The second-order valence-electron chi connectivity index (χ2n) is 7.05. The summed E-state index contributed by atoms with van der Waals surface area (Å²) in [5, 5.41) is 5.61. The van der Waals surface area contributed by atoms with Crippen molar-refractivity contribution in [3.05, 3.63) is 22.4 Å². The Hall–Kier alpha value is -0.340. The molecule has 2 atom stereocenters. The number of likely N-dealkylation sites (tertiary alicyclic amines) is 1. The molecule has 2 aliphatic rings. The van der Waals surface area contributed by atoms with Gasteiger partial charge in [-0.05, 0) is 56.6 Å². The predicted octanol–water partition coefficient (Wildman–Crippen LogP) is 3.99. The van der Waals surface area contributed by atoms with Crippen molar-refractivity contribution in [3.63, 3.8) is 0 Å². The van der Waals surface area contributed by atoms with Crippen molar-refractivity contribution in [2.24, 2.45) is 16.6 Å². The van der Waals surface area contributed by atoms with Gasteiger partial charge in [-0.15, -0.1) is 35.3 Å². The number of piperidine rings is 1. The first-order valence-corrected chi connectivity index (χ1v) is 9.92. The van der Waals surface area contributed by atoms with Crippen molar-refractivity contribution in [3.8, 4) is 0 Å². The van der Waals surface area contributed by atoms with E-state index in [0.717, 1.165) is 6.54 Å². The maximum Gasteiger partial charge on any atom is 0.188 e. The van der Waals surface area contributed by atoms with Gasteiger partial charge in [0.15, 0.2) is 5.96 Å². The summed E-state index contributed by atoms with van der Waals surface area (Å²) in [6.07, 6.45) is 8.98. The molecule has 3 N–H and O–H groups in total. The smallest absolute Gasteiger partial charge is 0.188 e. The van der Waals surface area contributed by atoms with Gasteiger partial charge in [-0.2, -0.15) is 0 Å². The lowest BCUT2D eigenvalue weighted by Gasteiger charge is -2.38. The molecular weight excluding hydrogens is 431 g/mol. The number of hydrogen-bond donors (Lipinski definition) is 2. The summed E-state index contributed by atoms with van der Waals surface area (Å²) in [6.45, 7) is 2.01. The van der Waals surface area contributed by atoms with Gasteiger partial charge < -0.3 is 11.1 Å². The van der Waals surface area contributed by atoms with E-state index < -0.39 is 0 Å². The van der Waals surface area contributed by atoms with Crippen LogP contribution in [0.5, 0.6) is 0 Å². The van der Waals surface area contributed by atoms with Crippen LogP contribution in [0.2, 0.25) is 0 Å². The Morgan fingerprint density at radius 3 is 2.79 bits per heavy atom. The summed E-state index contributed by atoms with van der Waals surface area (Å²) in [7, 11) is 2.24. The van der Waals surface area contributed by atoms with Crippen molar-refractivity contribution in [2.45, 2.75) is 57.0 Å². The number of rotatable bonds is 4. The van der Waals surface area contributed by atoms with E-state index in [1.807, 2.05) is 11.3 Å². The van der Waals surface area contributed by atoms with E-state index >= 15 is 0 Å². The number of halogens is 1. The third-order valence-electron chi connectivity index (χ3n) is 5.30. The molecule has 24 heavy (non-hydrogen) atoms. The normalized spacial score (nSPS) is 26.8. The predicted molar refractivity (Wildman–Crippen MR) is 114 cm³/mol. The fourth-order valence-corrected chi connectivity index (χ4v) is 5.06. The number of nitrogens with one attached hydrogen (secondary N) is 1. The highest BCUT2D eigenvalue weighted by Gasteiger charge is 2.31. The summed E-state index contributed by atoms with van der Waals surface area (Å²) in [5.41, 5.74) is 6.15. The minimum absolute atomic E-state index is 0. The van der Waals surface area contributed by atoms with Crippen LogP contribution in [-0.2, 0) is 0 Å². The van der Waals surface area contributed by atoms with Crippen LogP contribution < -0.4 is 11.1 Å². The van der Waals surface area contributed by atoms with Crippen LogP contribution in [0.4, 0.5) is 0 Å². The monoisotopic (exact) mass is 462 g/mol. The maximum atomic E-state index is 6.15. The Labute approximate surface area is 167 Å². The van der Waals surface area contributed by atoms with Gasteiger partial charge in [0.25, 0.3) is 0 Å². The first-order valence-electron chi connectivity index (χ1n) is 9.04. The zero-order chi connectivity index (χ0) is 16.1. The van der Waals surface area contributed by atoms with Crippen LogP contribution >= 0.6 is 35.3 Å². The van der Waals surface area contributed by atoms with Gasteiger partial charge in [0.2, 0.25) is 0 Å². The lowest BCUT2D eigenvalue weighted by molar-refractivity contribution is 0.128. The van der Waals surface area contributed by atoms with Crippen LogP contribution in [0.25, 0.3) is 0 Å². The fraction of sp³-hybridized carbons (Fsp3) is 0.722. The van der Waals surface area contributed by atoms with Crippen molar-refractivity contribution in [1.29, 1.82) is 0 Å². The molecule has 2 fully saturated rings. The quantitative estimate of drug-likeness (QED) is 0.404. The van der Waals surface area contributed by atoms with Crippen molar-refractivity contribution < 1.29 is 0 Å². The Bertz CT molecular complexity index is 499. The zero-order valence-corrected chi connectivity index (χ0v) is 17.8. The molecule has 2 unspecified atom stereocenters. The molecule has 0 radical (unpaired) electrons. The third-order valence-corrected chi connectivity index (χ3v) is 6.24. The van der Waals surface area contributed by atoms with Gasteiger partial charge in [-0.1, -0.05) is 25.3 Å². The molecule has 6 heteroatoms. The molecule has 136 valence electrons. The molecule has 0 aromatic carbocycles. The molecule has 4 nitrogen and oxygen atoms in total. The van der Waals surface area contributed by atoms with Gasteiger partial charge in [-0.3, -0.25) is 9.89 Å². The van der Waals surface area contributed by atoms with E-state index in [-0.39, 0.29) is 24.0 Å². The van der Waals surface area contributed by atoms with Crippen LogP contribution in [0.3, 0.4) is 0 Å². The zero-order valence-electron chi connectivity index (χ0n) is 14.6. The molecule has 1 aromatic rings. The standard InChI is InChI=1S/C18H30N4S.HI/c1-22-11-5-7-14(17(22)16-10-6-12-23-16)13-20-18(19)21-15-8-3-2-4-9-15;/h6,10,12,14-15,17H,2-5,7-9,11,13H2,1H3,(H3,19,20,21);1H. The van der Waals surface area contributed by atoms with Crippen molar-refractivity contribution >= 4 is 41.3 Å². The molecule has 1 saturated heterocycles. The first-order chi connectivity index (χ1) is 11.2. The number of nitrogens with zero attached hydrogens (tertiary/aromatic N) is 2. The topological polar surface area (TPSA) is 53.6 Å². The molecule has 0 amide bonds. The third kappa shape index (κ3) is 5.33. The van der Waals surface area contributed by atoms with Crippen LogP contribution in [0.1, 0.15) is 55.9 Å². The average molecular weight is 462 g/mol. The SMILES string of the molecule is CN1CCCC(CN=C(N)NC2CCCCC2)C1c1cccs1.I. The Kier molecular flexibility index (Phi) is 8.30. The minimum atomic E-state index is 0. The van der Waals surface area contributed by atoms with Gasteiger partial charge in [0.1, 0.15) is 0 Å². The van der Waals surface area contributed by atoms with Gasteiger partial charge in [-0.25, -0.2) is 0 Å². The lowest BCUT2D eigenvalue weighted by Crippen LogP contribution is -2.42. The largest absolute Gasteiger partial charge is 0.370 e. The first kappa shape index (κ1) is 20.0. The van der Waals surface area contributed by atoms with Crippen molar-refractivity contribution in [2.75, 3.05) is 20.1 Å². The van der Waals surface area contributed by atoms with Gasteiger partial charge in [0, 0.05) is 23.5 Å². The number of thiophene rings is 1. The summed E-state index contributed by atoms with van der Waals surface area (Å²) in [4.78, 5) is 8.65. The van der Waals surface area contributed by atoms with Crippen LogP contribution in [-0.4, -0.2) is 37.0 Å². The Balaban J connectivity index is 0.00000208. The number of nitrogens with two attached hydrogens (primary N) is 1. The summed E-state index contributed by atoms with van der Waals surface area (Å²) in [5.74, 6) is 1.22. The second-order valence-corrected chi connectivity index (χ2v) is 8.03. The summed E-state index contributed by atoms with van der Waals surface area (Å²) >= 11 is 1.86.